The smallest absolute Gasteiger partial charge is 0.243 e. The van der Waals surface area contributed by atoms with Crippen molar-refractivity contribution in [3.63, 3.8) is 0 Å². The van der Waals surface area contributed by atoms with Gasteiger partial charge in [-0.15, -0.1) is 0 Å². The fourth-order valence-corrected chi connectivity index (χ4v) is 6.16. The van der Waals surface area contributed by atoms with Gasteiger partial charge in [0.05, 0.1) is 18.8 Å². The molecule has 5 rings (SSSR count). The highest BCUT2D eigenvalue weighted by Gasteiger charge is 2.33. The van der Waals surface area contributed by atoms with Gasteiger partial charge >= 0.3 is 0 Å². The first-order valence-corrected chi connectivity index (χ1v) is 17.0. The molecule has 4 aromatic rings. The number of unbranched alkanes of at least 4 members (excludes halogenated alkanes) is 2. The Labute approximate surface area is 288 Å². The van der Waals surface area contributed by atoms with Crippen molar-refractivity contribution in [3.8, 4) is 11.1 Å². The van der Waals surface area contributed by atoms with Gasteiger partial charge in [0.1, 0.15) is 0 Å². The first-order valence-electron chi connectivity index (χ1n) is 17.0. The van der Waals surface area contributed by atoms with Gasteiger partial charge in [0.15, 0.2) is 6.29 Å². The molecule has 1 aliphatic rings. The number of rotatable bonds is 16. The number of aliphatic hydroxyl groups excluding tert-OH is 1. The number of amides is 2. The molecule has 3 atom stereocenters. The van der Waals surface area contributed by atoms with Crippen molar-refractivity contribution in [2.45, 2.75) is 76.7 Å². The Kier molecular flexibility index (Phi) is 13.5. The van der Waals surface area contributed by atoms with Gasteiger partial charge in [-0.05, 0) is 65.4 Å². The SMILES string of the molecule is CN(Cc1ccccc1)CC1CC(c2ccc(CO)cc2)OC(c2cccc(-c3cccc(CNC(=O)CCCCCC(=O)NO)c3)c2)O1. The number of aliphatic hydroxyl groups is 1. The molecule has 1 saturated heterocycles. The highest BCUT2D eigenvalue weighted by molar-refractivity contribution is 5.76. The second kappa shape index (κ2) is 18.4. The summed E-state index contributed by atoms with van der Waals surface area (Å²) >= 11 is 0. The fourth-order valence-electron chi connectivity index (χ4n) is 6.16. The molecule has 49 heavy (non-hydrogen) atoms. The third-order valence-electron chi connectivity index (χ3n) is 8.77. The molecule has 4 aromatic carbocycles. The van der Waals surface area contributed by atoms with Crippen LogP contribution in [0.2, 0.25) is 0 Å². The lowest BCUT2D eigenvalue weighted by Gasteiger charge is -2.38. The van der Waals surface area contributed by atoms with Crippen LogP contribution in [0.1, 0.15) is 78.7 Å². The minimum Gasteiger partial charge on any atom is -0.392 e. The maximum absolute atomic E-state index is 12.4. The zero-order valence-electron chi connectivity index (χ0n) is 28.1. The minimum atomic E-state index is -0.563. The van der Waals surface area contributed by atoms with E-state index in [4.69, 9.17) is 14.7 Å². The Balaban J connectivity index is 1.25. The summed E-state index contributed by atoms with van der Waals surface area (Å²) in [5, 5.41) is 21.1. The van der Waals surface area contributed by atoms with E-state index in [0.717, 1.165) is 52.9 Å². The summed E-state index contributed by atoms with van der Waals surface area (Å²) in [5.74, 6) is -0.440. The molecule has 0 radical (unpaired) electrons. The zero-order chi connectivity index (χ0) is 34.4. The van der Waals surface area contributed by atoms with Gasteiger partial charge in [-0.2, -0.15) is 0 Å². The van der Waals surface area contributed by atoms with Crippen LogP contribution in [0.25, 0.3) is 11.1 Å². The van der Waals surface area contributed by atoms with Crippen LogP contribution in [0.4, 0.5) is 0 Å². The van der Waals surface area contributed by atoms with E-state index in [9.17, 15) is 14.7 Å². The molecule has 1 heterocycles. The number of hydrogen-bond donors (Lipinski definition) is 4. The third-order valence-corrected chi connectivity index (χ3v) is 8.77. The maximum atomic E-state index is 12.4. The monoisotopic (exact) mass is 665 g/mol. The molecule has 0 aliphatic carbocycles. The predicted octanol–water partition coefficient (Wildman–Crippen LogP) is 6.60. The van der Waals surface area contributed by atoms with Crippen LogP contribution in [-0.2, 0) is 38.8 Å². The van der Waals surface area contributed by atoms with Crippen LogP contribution in [0.5, 0.6) is 0 Å². The number of benzene rings is 4. The molecule has 4 N–H and O–H groups in total. The summed E-state index contributed by atoms with van der Waals surface area (Å²) in [6, 6.07) is 34.7. The summed E-state index contributed by atoms with van der Waals surface area (Å²) in [4.78, 5) is 25.8. The molecular weight excluding hydrogens is 618 g/mol. The van der Waals surface area contributed by atoms with E-state index in [1.807, 2.05) is 54.6 Å². The molecule has 0 saturated carbocycles. The largest absolute Gasteiger partial charge is 0.392 e. The molecule has 0 bridgehead atoms. The highest BCUT2D eigenvalue weighted by Crippen LogP contribution is 2.39. The Morgan fingerprint density at radius 2 is 1.45 bits per heavy atom. The van der Waals surface area contributed by atoms with Crippen molar-refractivity contribution in [2.75, 3.05) is 13.6 Å². The van der Waals surface area contributed by atoms with Crippen LogP contribution < -0.4 is 10.8 Å². The van der Waals surface area contributed by atoms with Crippen molar-refractivity contribution < 1.29 is 29.4 Å². The molecular formula is C40H47N3O6. The lowest BCUT2D eigenvalue weighted by Crippen LogP contribution is -2.37. The molecule has 258 valence electrons. The Morgan fingerprint density at radius 1 is 0.755 bits per heavy atom. The predicted molar refractivity (Wildman–Crippen MR) is 188 cm³/mol. The normalized spacial score (nSPS) is 17.5. The maximum Gasteiger partial charge on any atom is 0.243 e. The Morgan fingerprint density at radius 3 is 2.18 bits per heavy atom. The first-order chi connectivity index (χ1) is 23.9. The zero-order valence-corrected chi connectivity index (χ0v) is 28.1. The van der Waals surface area contributed by atoms with Crippen molar-refractivity contribution in [1.29, 1.82) is 0 Å². The number of ether oxygens (including phenoxy) is 2. The van der Waals surface area contributed by atoms with Gasteiger partial charge < -0.3 is 19.9 Å². The van der Waals surface area contributed by atoms with Crippen LogP contribution >= 0.6 is 0 Å². The number of nitrogens with one attached hydrogen (secondary N) is 2. The lowest BCUT2D eigenvalue weighted by molar-refractivity contribution is -0.252. The van der Waals surface area contributed by atoms with Crippen molar-refractivity contribution in [3.05, 3.63) is 131 Å². The molecule has 9 heteroatoms. The average Bonchev–Trinajstić information content (AvgIpc) is 3.14. The number of carbonyl (C=O) groups is 2. The fraction of sp³-hybridized carbons (Fsp3) is 0.350. The summed E-state index contributed by atoms with van der Waals surface area (Å²) in [6.07, 6.45) is 2.60. The van der Waals surface area contributed by atoms with Crippen LogP contribution in [-0.4, -0.2) is 46.7 Å². The standard InChI is InChI=1S/C40H47N3O6/c1-43(26-29-10-4-2-5-11-29)27-36-24-37(32-20-18-30(28-44)19-21-32)49-40(48-36)35-15-9-14-34(23-35)33-13-8-12-31(22-33)25-41-38(45)16-6-3-7-17-39(46)42-47/h2,4-5,8-15,18-23,36-37,40,44,47H,3,6-7,16-17,24-28H2,1H3,(H,41,45)(H,42,46). The molecule has 1 fully saturated rings. The molecule has 3 unspecified atom stereocenters. The first kappa shape index (κ1) is 35.9. The second-order valence-corrected chi connectivity index (χ2v) is 12.7. The molecule has 0 spiro atoms. The van der Waals surface area contributed by atoms with E-state index in [-0.39, 0.29) is 31.1 Å². The summed E-state index contributed by atoms with van der Waals surface area (Å²) in [7, 11) is 2.12. The van der Waals surface area contributed by atoms with E-state index in [1.54, 1.807) is 5.48 Å². The topological polar surface area (TPSA) is 120 Å². The number of hydroxylamine groups is 1. The quantitative estimate of drug-likeness (QED) is 0.0605. The van der Waals surface area contributed by atoms with Gasteiger partial charge in [0, 0.05) is 44.5 Å². The van der Waals surface area contributed by atoms with E-state index in [1.165, 1.54) is 5.56 Å². The van der Waals surface area contributed by atoms with Crippen LogP contribution in [0.15, 0.2) is 103 Å². The van der Waals surface area contributed by atoms with Crippen LogP contribution in [0.3, 0.4) is 0 Å². The Bertz CT molecular complexity index is 1630. The minimum absolute atomic E-state index is 0.000141. The van der Waals surface area contributed by atoms with E-state index >= 15 is 0 Å². The van der Waals surface area contributed by atoms with Crippen molar-refractivity contribution >= 4 is 11.8 Å². The van der Waals surface area contributed by atoms with Gasteiger partial charge in [0.25, 0.3) is 0 Å². The number of hydrogen-bond acceptors (Lipinski definition) is 7. The summed E-state index contributed by atoms with van der Waals surface area (Å²) in [5.41, 5.74) is 8.78. The number of likely N-dealkylation sites (N-methyl/N-ethyl adjacent to an activating group) is 1. The molecule has 9 nitrogen and oxygen atoms in total. The van der Waals surface area contributed by atoms with Gasteiger partial charge in [0.2, 0.25) is 11.8 Å². The van der Waals surface area contributed by atoms with Gasteiger partial charge in [-0.1, -0.05) is 97.4 Å². The van der Waals surface area contributed by atoms with Crippen molar-refractivity contribution in [1.82, 2.24) is 15.7 Å². The second-order valence-electron chi connectivity index (χ2n) is 12.7. The summed E-state index contributed by atoms with van der Waals surface area (Å²) in [6.45, 7) is 1.98. The molecule has 1 aliphatic heterocycles. The number of nitrogens with zero attached hydrogens (tertiary/aromatic N) is 1. The van der Waals surface area contributed by atoms with Gasteiger partial charge in [-0.3, -0.25) is 19.7 Å². The summed E-state index contributed by atoms with van der Waals surface area (Å²) < 4.78 is 13.3. The average molecular weight is 666 g/mol. The number of carbonyl (C=O) groups excluding carboxylic acids is 2. The molecule has 0 aromatic heterocycles. The van der Waals surface area contributed by atoms with Crippen molar-refractivity contribution in [2.24, 2.45) is 0 Å². The van der Waals surface area contributed by atoms with E-state index in [0.29, 0.717) is 32.2 Å². The Hall–Kier alpha value is -4.38. The lowest BCUT2D eigenvalue weighted by atomic mass is 9.98. The molecule has 2 amide bonds. The van der Waals surface area contributed by atoms with E-state index < -0.39 is 12.2 Å². The van der Waals surface area contributed by atoms with Crippen LogP contribution in [0, 0.1) is 0 Å². The third kappa shape index (κ3) is 11.1. The van der Waals surface area contributed by atoms with Gasteiger partial charge in [-0.25, -0.2) is 5.48 Å². The highest BCUT2D eigenvalue weighted by atomic mass is 16.7. The van der Waals surface area contributed by atoms with E-state index in [2.05, 4.69) is 65.8 Å².